The van der Waals surface area contributed by atoms with E-state index in [1.54, 1.807) is 0 Å². The normalized spacial score (nSPS) is 11.4. The summed E-state index contributed by atoms with van der Waals surface area (Å²) in [7, 11) is 0. The van der Waals surface area contributed by atoms with Crippen molar-refractivity contribution in [2.45, 2.75) is 39.8 Å². The monoisotopic (exact) mass is 244 g/mol. The van der Waals surface area contributed by atoms with Crippen molar-refractivity contribution in [3.63, 3.8) is 0 Å². The van der Waals surface area contributed by atoms with Crippen LogP contribution >= 0.6 is 0 Å². The van der Waals surface area contributed by atoms with Crippen LogP contribution in [0.2, 0.25) is 0 Å². The first kappa shape index (κ1) is 12.7. The van der Waals surface area contributed by atoms with Gasteiger partial charge in [-0.15, -0.1) is 0 Å². The van der Waals surface area contributed by atoms with Crippen LogP contribution in [0.15, 0.2) is 30.5 Å². The molecule has 0 fully saturated rings. The van der Waals surface area contributed by atoms with Gasteiger partial charge in [0.1, 0.15) is 0 Å². The number of nitrogens with zero attached hydrogens (tertiary/aromatic N) is 1. The van der Waals surface area contributed by atoms with E-state index in [0.29, 0.717) is 6.04 Å². The van der Waals surface area contributed by atoms with Gasteiger partial charge in [-0.1, -0.05) is 0 Å². The number of benzene rings is 1. The number of amides is 1. The number of hydrogen-bond donors (Lipinski definition) is 1. The number of carbonyl (C=O) groups is 1. The molecule has 0 spiro atoms. The van der Waals surface area contributed by atoms with Crippen LogP contribution in [-0.4, -0.2) is 16.5 Å². The summed E-state index contributed by atoms with van der Waals surface area (Å²) in [6.45, 7) is 8.23. The van der Waals surface area contributed by atoms with Crippen LogP contribution < -0.4 is 5.32 Å². The molecule has 3 heteroatoms. The third-order valence-corrected chi connectivity index (χ3v) is 2.96. The van der Waals surface area contributed by atoms with Gasteiger partial charge in [0.2, 0.25) is 0 Å². The van der Waals surface area contributed by atoms with Crippen LogP contribution in [0.1, 0.15) is 44.1 Å². The Bertz CT molecular complexity index is 567. The SMILES string of the molecule is CC(C)NC(=O)c1ccc2c(ccn2C(C)C)c1. The molecule has 0 saturated carbocycles. The summed E-state index contributed by atoms with van der Waals surface area (Å²) in [6, 6.07) is 8.50. The van der Waals surface area contributed by atoms with Gasteiger partial charge in [-0.05, 0) is 52.0 Å². The average Bonchev–Trinajstić information content (AvgIpc) is 2.70. The second-order valence-electron chi connectivity index (χ2n) is 5.22. The standard InChI is InChI=1S/C15H20N2O/c1-10(2)16-15(18)13-5-6-14-12(9-13)7-8-17(14)11(3)4/h5-11H,1-4H3,(H,16,18). The molecule has 0 aliphatic carbocycles. The molecule has 0 radical (unpaired) electrons. The fourth-order valence-electron chi connectivity index (χ4n) is 2.10. The molecule has 18 heavy (non-hydrogen) atoms. The second-order valence-corrected chi connectivity index (χ2v) is 5.22. The molecule has 0 aliphatic rings. The fourth-order valence-corrected chi connectivity index (χ4v) is 2.10. The molecular formula is C15H20N2O. The van der Waals surface area contributed by atoms with Gasteiger partial charge in [0.05, 0.1) is 0 Å². The van der Waals surface area contributed by atoms with Crippen molar-refractivity contribution in [1.82, 2.24) is 9.88 Å². The molecule has 0 aliphatic heterocycles. The highest BCUT2D eigenvalue weighted by Gasteiger charge is 2.10. The van der Waals surface area contributed by atoms with Gasteiger partial charge in [0.15, 0.2) is 0 Å². The van der Waals surface area contributed by atoms with Crippen molar-refractivity contribution in [3.8, 4) is 0 Å². The number of rotatable bonds is 3. The van der Waals surface area contributed by atoms with Crippen LogP contribution in [-0.2, 0) is 0 Å². The Morgan fingerprint density at radius 1 is 1.17 bits per heavy atom. The van der Waals surface area contributed by atoms with Gasteiger partial charge in [-0.3, -0.25) is 4.79 Å². The van der Waals surface area contributed by atoms with E-state index in [1.165, 1.54) is 5.52 Å². The number of nitrogens with one attached hydrogen (secondary N) is 1. The van der Waals surface area contributed by atoms with Gasteiger partial charge in [-0.25, -0.2) is 0 Å². The molecule has 0 bridgehead atoms. The number of aromatic nitrogens is 1. The predicted molar refractivity (Wildman–Crippen MR) is 74.9 cm³/mol. The Morgan fingerprint density at radius 3 is 2.50 bits per heavy atom. The minimum absolute atomic E-state index is 0.0100. The zero-order valence-electron chi connectivity index (χ0n) is 11.4. The maximum atomic E-state index is 11.9. The average molecular weight is 244 g/mol. The molecule has 1 aromatic carbocycles. The molecule has 2 aromatic rings. The van der Waals surface area contributed by atoms with Crippen LogP contribution in [0.3, 0.4) is 0 Å². The van der Waals surface area contributed by atoms with Crippen molar-refractivity contribution < 1.29 is 4.79 Å². The van der Waals surface area contributed by atoms with Crippen LogP contribution in [0.4, 0.5) is 0 Å². The zero-order chi connectivity index (χ0) is 13.3. The van der Waals surface area contributed by atoms with E-state index < -0.39 is 0 Å². The van der Waals surface area contributed by atoms with Gasteiger partial charge < -0.3 is 9.88 Å². The van der Waals surface area contributed by atoms with Crippen molar-refractivity contribution in [3.05, 3.63) is 36.0 Å². The van der Waals surface area contributed by atoms with E-state index in [0.717, 1.165) is 10.9 Å². The maximum absolute atomic E-state index is 11.9. The maximum Gasteiger partial charge on any atom is 0.251 e. The van der Waals surface area contributed by atoms with Gasteiger partial charge in [0.25, 0.3) is 5.91 Å². The number of carbonyl (C=O) groups excluding carboxylic acids is 1. The van der Waals surface area contributed by atoms with Crippen molar-refractivity contribution in [2.24, 2.45) is 0 Å². The Kier molecular flexibility index (Phi) is 3.41. The highest BCUT2D eigenvalue weighted by molar-refractivity contribution is 5.98. The van der Waals surface area contributed by atoms with Crippen LogP contribution in [0, 0.1) is 0 Å². The first-order valence-corrected chi connectivity index (χ1v) is 6.40. The molecule has 1 N–H and O–H groups in total. The molecule has 2 rings (SSSR count). The molecule has 1 heterocycles. The second kappa shape index (κ2) is 4.84. The largest absolute Gasteiger partial charge is 0.350 e. The quantitative estimate of drug-likeness (QED) is 0.882. The fraction of sp³-hybridized carbons (Fsp3) is 0.400. The first-order chi connectivity index (χ1) is 8.49. The summed E-state index contributed by atoms with van der Waals surface area (Å²) in [5.41, 5.74) is 1.89. The van der Waals surface area contributed by atoms with Crippen LogP contribution in [0.5, 0.6) is 0 Å². The van der Waals surface area contributed by atoms with E-state index >= 15 is 0 Å². The van der Waals surface area contributed by atoms with Crippen LogP contribution in [0.25, 0.3) is 10.9 Å². The predicted octanol–water partition coefficient (Wildman–Crippen LogP) is 3.36. The lowest BCUT2D eigenvalue weighted by atomic mass is 10.1. The summed E-state index contributed by atoms with van der Waals surface area (Å²) >= 11 is 0. The van der Waals surface area contributed by atoms with Gasteiger partial charge in [-0.2, -0.15) is 0 Å². The van der Waals surface area contributed by atoms with Crippen molar-refractivity contribution in [1.29, 1.82) is 0 Å². The van der Waals surface area contributed by atoms with E-state index in [2.05, 4.69) is 36.0 Å². The molecule has 0 atom stereocenters. The van der Waals surface area contributed by atoms with Crippen molar-refractivity contribution >= 4 is 16.8 Å². The molecule has 96 valence electrons. The molecule has 0 unspecified atom stereocenters. The zero-order valence-corrected chi connectivity index (χ0v) is 11.4. The lowest BCUT2D eigenvalue weighted by Crippen LogP contribution is -2.29. The third kappa shape index (κ3) is 2.40. The van der Waals surface area contributed by atoms with Crippen molar-refractivity contribution in [2.75, 3.05) is 0 Å². The van der Waals surface area contributed by atoms with Gasteiger partial charge >= 0.3 is 0 Å². The van der Waals surface area contributed by atoms with E-state index in [1.807, 2.05) is 32.0 Å². The number of fused-ring (bicyclic) bond motifs is 1. The number of hydrogen-bond acceptors (Lipinski definition) is 1. The summed E-state index contributed by atoms with van der Waals surface area (Å²) in [5.74, 6) is -0.0100. The summed E-state index contributed by atoms with van der Waals surface area (Å²) in [5, 5.41) is 4.02. The minimum Gasteiger partial charge on any atom is -0.350 e. The first-order valence-electron chi connectivity index (χ1n) is 6.40. The third-order valence-electron chi connectivity index (χ3n) is 2.96. The Labute approximate surface area is 108 Å². The minimum atomic E-state index is -0.0100. The highest BCUT2D eigenvalue weighted by atomic mass is 16.1. The molecule has 3 nitrogen and oxygen atoms in total. The topological polar surface area (TPSA) is 34.0 Å². The van der Waals surface area contributed by atoms with E-state index in [4.69, 9.17) is 0 Å². The Hall–Kier alpha value is -1.77. The lowest BCUT2D eigenvalue weighted by molar-refractivity contribution is 0.0943. The van der Waals surface area contributed by atoms with E-state index in [-0.39, 0.29) is 11.9 Å². The molecule has 1 aromatic heterocycles. The Morgan fingerprint density at radius 2 is 1.89 bits per heavy atom. The summed E-state index contributed by atoms with van der Waals surface area (Å²) in [6.07, 6.45) is 2.07. The van der Waals surface area contributed by atoms with Gasteiger partial charge in [0, 0.05) is 34.7 Å². The summed E-state index contributed by atoms with van der Waals surface area (Å²) < 4.78 is 2.21. The van der Waals surface area contributed by atoms with E-state index in [9.17, 15) is 4.79 Å². The molecular weight excluding hydrogens is 224 g/mol. The highest BCUT2D eigenvalue weighted by Crippen LogP contribution is 2.21. The smallest absolute Gasteiger partial charge is 0.251 e. The summed E-state index contributed by atoms with van der Waals surface area (Å²) in [4.78, 5) is 11.9. The molecule has 1 amide bonds. The lowest BCUT2D eigenvalue weighted by Gasteiger charge is -2.10. The Balaban J connectivity index is 2.37. The molecule has 0 saturated heterocycles.